The van der Waals surface area contributed by atoms with Crippen molar-refractivity contribution < 1.29 is 24.2 Å². The van der Waals surface area contributed by atoms with Crippen LogP contribution in [0.3, 0.4) is 0 Å². The number of rotatable bonds is 7. The number of fused-ring (bicyclic) bond motifs is 4. The van der Waals surface area contributed by atoms with Gasteiger partial charge >= 0.3 is 0 Å². The molecule has 0 amide bonds. The van der Waals surface area contributed by atoms with Gasteiger partial charge in [0.25, 0.3) is 0 Å². The Morgan fingerprint density at radius 1 is 1.03 bits per heavy atom. The molecule has 38 heavy (non-hydrogen) atoms. The summed E-state index contributed by atoms with van der Waals surface area (Å²) in [5.41, 5.74) is 3.96. The van der Waals surface area contributed by atoms with E-state index in [1.807, 2.05) is 54.6 Å². The Hall–Kier alpha value is -5.12. The minimum Gasteiger partial charge on any atom is -0.508 e. The summed E-state index contributed by atoms with van der Waals surface area (Å²) in [7, 11) is 3.19. The number of aromatic nitrogens is 4. The second kappa shape index (κ2) is 9.74. The Kier molecular flexibility index (Phi) is 5.97. The number of methoxy groups -OCH3 is 2. The van der Waals surface area contributed by atoms with Gasteiger partial charge in [-0.05, 0) is 29.3 Å². The number of ether oxygens (including phenoxy) is 3. The van der Waals surface area contributed by atoms with Crippen molar-refractivity contribution in [2.75, 3.05) is 14.2 Å². The van der Waals surface area contributed by atoms with Gasteiger partial charge in [-0.2, -0.15) is 0 Å². The van der Waals surface area contributed by atoms with Crippen LogP contribution in [0.5, 0.6) is 28.9 Å². The number of aromatic hydroxyl groups is 1. The third kappa shape index (κ3) is 4.21. The molecule has 0 spiro atoms. The molecule has 0 aliphatic carbocycles. The van der Waals surface area contributed by atoms with E-state index in [-0.39, 0.29) is 18.3 Å². The predicted octanol–water partition coefficient (Wildman–Crippen LogP) is 4.68. The summed E-state index contributed by atoms with van der Waals surface area (Å²) in [5, 5.41) is 18.7. The van der Waals surface area contributed by atoms with Crippen LogP contribution in [-0.2, 0) is 11.4 Å². The van der Waals surface area contributed by atoms with Crippen molar-refractivity contribution in [1.82, 2.24) is 19.6 Å². The standard InChI is InChI=1S/C28H23N5O5/c1-35-21-11-8-18(12-23(21)36-2)25-20-10-9-19(34)13-22(20)38-28-26(25)27-31-24(32-33(27)16-29-28)15-37-30-14-17-6-4-3-5-7-17/h3-14,16,25,34H,15H2,1-2H3/b30-14-/t25-/m0/s1. The highest BCUT2D eigenvalue weighted by atomic mass is 16.6. The maximum Gasteiger partial charge on any atom is 0.228 e. The number of phenols is 1. The number of benzene rings is 3. The molecule has 0 saturated heterocycles. The molecule has 0 radical (unpaired) electrons. The smallest absolute Gasteiger partial charge is 0.228 e. The van der Waals surface area contributed by atoms with E-state index < -0.39 is 0 Å². The van der Waals surface area contributed by atoms with Crippen LogP contribution >= 0.6 is 0 Å². The molecule has 190 valence electrons. The van der Waals surface area contributed by atoms with Crippen LogP contribution in [0.1, 0.15) is 34.0 Å². The molecule has 10 nitrogen and oxygen atoms in total. The number of hydrogen-bond acceptors (Lipinski definition) is 9. The fourth-order valence-corrected chi connectivity index (χ4v) is 4.52. The molecule has 6 rings (SSSR count). The van der Waals surface area contributed by atoms with Gasteiger partial charge in [-0.1, -0.05) is 47.6 Å². The molecule has 10 heteroatoms. The highest BCUT2D eigenvalue weighted by Crippen LogP contribution is 2.49. The van der Waals surface area contributed by atoms with Gasteiger partial charge in [0.1, 0.15) is 17.8 Å². The van der Waals surface area contributed by atoms with Crippen molar-refractivity contribution in [1.29, 1.82) is 0 Å². The average Bonchev–Trinajstić information content (AvgIpc) is 3.37. The first-order valence-electron chi connectivity index (χ1n) is 11.8. The Bertz CT molecular complexity index is 1650. The minimum absolute atomic E-state index is 0.0755. The summed E-state index contributed by atoms with van der Waals surface area (Å²) in [5.74, 6) is 2.28. The number of nitrogens with zero attached hydrogens (tertiary/aromatic N) is 5. The van der Waals surface area contributed by atoms with Gasteiger partial charge in [0.05, 0.1) is 26.0 Å². The third-order valence-electron chi connectivity index (χ3n) is 6.24. The van der Waals surface area contributed by atoms with E-state index in [0.29, 0.717) is 34.6 Å². The maximum atomic E-state index is 10.1. The summed E-state index contributed by atoms with van der Waals surface area (Å²) in [6.45, 7) is 0.0755. The molecule has 1 N–H and O–H groups in total. The largest absolute Gasteiger partial charge is 0.508 e. The third-order valence-corrected chi connectivity index (χ3v) is 6.24. The topological polar surface area (TPSA) is 113 Å². The molecule has 0 bridgehead atoms. The van der Waals surface area contributed by atoms with Gasteiger partial charge in [-0.3, -0.25) is 0 Å². The Labute approximate surface area is 217 Å². The zero-order chi connectivity index (χ0) is 26.1. The highest BCUT2D eigenvalue weighted by Gasteiger charge is 2.34. The van der Waals surface area contributed by atoms with Gasteiger partial charge in [0, 0.05) is 17.5 Å². The molecule has 0 saturated carbocycles. The van der Waals surface area contributed by atoms with Crippen LogP contribution < -0.4 is 14.2 Å². The monoisotopic (exact) mass is 509 g/mol. The lowest BCUT2D eigenvalue weighted by atomic mass is 9.83. The summed E-state index contributed by atoms with van der Waals surface area (Å²) in [4.78, 5) is 14.7. The van der Waals surface area contributed by atoms with Gasteiger partial charge in [-0.25, -0.2) is 14.5 Å². The summed E-state index contributed by atoms with van der Waals surface area (Å²) >= 11 is 0. The van der Waals surface area contributed by atoms with Crippen LogP contribution in [0.15, 0.2) is 78.2 Å². The number of oxime groups is 1. The molecule has 1 aliphatic heterocycles. The molecular formula is C28H23N5O5. The first kappa shape index (κ1) is 23.3. The Morgan fingerprint density at radius 2 is 1.87 bits per heavy atom. The maximum absolute atomic E-state index is 10.1. The summed E-state index contributed by atoms with van der Waals surface area (Å²) in [6, 6.07) is 20.4. The predicted molar refractivity (Wildman–Crippen MR) is 138 cm³/mol. The van der Waals surface area contributed by atoms with Crippen LogP contribution in [-0.4, -0.2) is 45.1 Å². The van der Waals surface area contributed by atoms with E-state index in [1.165, 1.54) is 6.33 Å². The van der Waals surface area contributed by atoms with Gasteiger partial charge in [0.15, 0.2) is 29.6 Å². The Morgan fingerprint density at radius 3 is 2.68 bits per heavy atom. The molecule has 0 unspecified atom stereocenters. The average molecular weight is 510 g/mol. The van der Waals surface area contributed by atoms with E-state index in [0.717, 1.165) is 22.3 Å². The quantitative estimate of drug-likeness (QED) is 0.244. The van der Waals surface area contributed by atoms with E-state index in [9.17, 15) is 5.11 Å². The summed E-state index contributed by atoms with van der Waals surface area (Å²) in [6.07, 6.45) is 3.17. The number of hydrogen-bond donors (Lipinski definition) is 1. The fourth-order valence-electron chi connectivity index (χ4n) is 4.52. The van der Waals surface area contributed by atoms with Crippen molar-refractivity contribution in [3.8, 4) is 28.9 Å². The lowest BCUT2D eigenvalue weighted by molar-refractivity contribution is 0.126. The SMILES string of the molecule is COc1ccc([C@H]2c3ccc(O)cc3Oc3ncn4nc(CO/N=C\c5ccccc5)nc4c32)cc1OC. The van der Waals surface area contributed by atoms with Crippen LogP contribution in [0.4, 0.5) is 0 Å². The second-order valence-electron chi connectivity index (χ2n) is 8.55. The van der Waals surface area contributed by atoms with E-state index in [1.54, 1.807) is 37.1 Å². The minimum atomic E-state index is -0.334. The van der Waals surface area contributed by atoms with Crippen LogP contribution in [0, 0.1) is 0 Å². The van der Waals surface area contributed by atoms with Crippen molar-refractivity contribution in [2.45, 2.75) is 12.5 Å². The van der Waals surface area contributed by atoms with Crippen molar-refractivity contribution in [3.63, 3.8) is 0 Å². The molecule has 3 aromatic carbocycles. The van der Waals surface area contributed by atoms with E-state index >= 15 is 0 Å². The molecule has 2 aromatic heterocycles. The van der Waals surface area contributed by atoms with Gasteiger partial charge < -0.3 is 24.2 Å². The molecule has 1 atom stereocenters. The number of phenolic OH excluding ortho intramolecular Hbond substituents is 1. The zero-order valence-corrected chi connectivity index (χ0v) is 20.6. The van der Waals surface area contributed by atoms with Gasteiger partial charge in [-0.15, -0.1) is 5.10 Å². The lowest BCUT2D eigenvalue weighted by Crippen LogP contribution is -2.15. The second-order valence-corrected chi connectivity index (χ2v) is 8.55. The zero-order valence-electron chi connectivity index (χ0n) is 20.6. The van der Waals surface area contributed by atoms with Crippen LogP contribution in [0.25, 0.3) is 5.65 Å². The summed E-state index contributed by atoms with van der Waals surface area (Å²) < 4.78 is 18.7. The molecule has 3 heterocycles. The van der Waals surface area contributed by atoms with Crippen molar-refractivity contribution in [2.24, 2.45) is 5.16 Å². The molecule has 5 aromatic rings. The first-order valence-corrected chi connectivity index (χ1v) is 11.8. The molecule has 0 fully saturated rings. The van der Waals surface area contributed by atoms with E-state index in [2.05, 4.69) is 15.2 Å². The fraction of sp³-hybridized carbons (Fsp3) is 0.143. The normalized spacial score (nSPS) is 14.1. The highest BCUT2D eigenvalue weighted by molar-refractivity contribution is 5.78. The van der Waals surface area contributed by atoms with E-state index in [4.69, 9.17) is 24.0 Å². The molecule has 1 aliphatic rings. The van der Waals surface area contributed by atoms with Crippen molar-refractivity contribution >= 4 is 11.9 Å². The van der Waals surface area contributed by atoms with Crippen LogP contribution in [0.2, 0.25) is 0 Å². The van der Waals surface area contributed by atoms with Gasteiger partial charge in [0.2, 0.25) is 5.88 Å². The van der Waals surface area contributed by atoms with Crippen molar-refractivity contribution in [3.05, 3.63) is 101 Å². The Balaban J connectivity index is 1.41. The first-order chi connectivity index (χ1) is 18.6. The lowest BCUT2D eigenvalue weighted by Gasteiger charge is -2.28. The molecular weight excluding hydrogens is 486 g/mol.